The summed E-state index contributed by atoms with van der Waals surface area (Å²) in [6.07, 6.45) is 6.62. The zero-order valence-corrected chi connectivity index (χ0v) is 22.5. The molecule has 3 unspecified atom stereocenters. The van der Waals surface area contributed by atoms with E-state index >= 15 is 0 Å². The summed E-state index contributed by atoms with van der Waals surface area (Å²) in [7, 11) is 0. The lowest BCUT2D eigenvalue weighted by atomic mass is 10.1. The predicted molar refractivity (Wildman–Crippen MR) is 141 cm³/mol. The lowest BCUT2D eigenvalue weighted by Crippen LogP contribution is -2.40. The molecule has 3 atom stereocenters. The SMILES string of the molecule is CC(=O)C(N)CC(N)C(=O)O.CCC(N)C(=O)O.CCCCCCN.CCCN(CCN)CC(=O)O. The van der Waals surface area contributed by atoms with E-state index < -0.39 is 36.0 Å². The Hall–Kier alpha value is -2.16. The Morgan fingerprint density at radius 3 is 1.53 bits per heavy atom. The number of carbonyl (C=O) groups is 4. The Labute approximate surface area is 215 Å². The van der Waals surface area contributed by atoms with Gasteiger partial charge in [-0.1, -0.05) is 40.0 Å². The second-order valence-corrected chi connectivity index (χ2v) is 8.06. The largest absolute Gasteiger partial charge is 0.480 e. The van der Waals surface area contributed by atoms with Crippen molar-refractivity contribution in [3.63, 3.8) is 0 Å². The maximum atomic E-state index is 10.5. The van der Waals surface area contributed by atoms with E-state index in [1.807, 2.05) is 11.8 Å². The van der Waals surface area contributed by atoms with E-state index in [0.717, 1.165) is 19.5 Å². The molecule has 13 N–H and O–H groups in total. The quantitative estimate of drug-likeness (QED) is 0.121. The number of carbonyl (C=O) groups excluding carboxylic acids is 1. The van der Waals surface area contributed by atoms with Crippen molar-refractivity contribution in [3.05, 3.63) is 0 Å². The summed E-state index contributed by atoms with van der Waals surface area (Å²) in [5, 5.41) is 24.8. The molecule has 0 aliphatic rings. The molecule has 0 spiro atoms. The van der Waals surface area contributed by atoms with Crippen molar-refractivity contribution in [1.82, 2.24) is 4.90 Å². The lowest BCUT2D eigenvalue weighted by Gasteiger charge is -2.17. The van der Waals surface area contributed by atoms with Gasteiger partial charge in [-0.15, -0.1) is 0 Å². The Morgan fingerprint density at radius 2 is 1.25 bits per heavy atom. The van der Waals surface area contributed by atoms with Gasteiger partial charge < -0.3 is 44.0 Å². The van der Waals surface area contributed by atoms with Gasteiger partial charge in [-0.3, -0.25) is 24.1 Å². The van der Waals surface area contributed by atoms with Crippen LogP contribution in [0.15, 0.2) is 0 Å². The predicted octanol–water partition coefficient (Wildman–Crippen LogP) is -0.220. The highest BCUT2D eigenvalue weighted by atomic mass is 16.4. The van der Waals surface area contributed by atoms with Crippen molar-refractivity contribution >= 4 is 23.7 Å². The summed E-state index contributed by atoms with van der Waals surface area (Å²) in [4.78, 5) is 42.6. The zero-order chi connectivity index (χ0) is 29.1. The Balaban J connectivity index is -0.000000194. The van der Waals surface area contributed by atoms with E-state index in [9.17, 15) is 19.2 Å². The zero-order valence-electron chi connectivity index (χ0n) is 22.5. The number of nitrogens with zero attached hydrogens (tertiary/aromatic N) is 1. The molecule has 0 saturated heterocycles. The summed E-state index contributed by atoms with van der Waals surface area (Å²) in [5.74, 6) is -3.10. The minimum absolute atomic E-state index is 0.00926. The fraction of sp³-hybridized carbons (Fsp3) is 0.826. The van der Waals surface area contributed by atoms with Crippen LogP contribution in [-0.4, -0.2) is 94.8 Å². The third-order valence-electron chi connectivity index (χ3n) is 4.51. The molecule has 0 rings (SSSR count). The number of carboxylic acid groups (broad SMARTS) is 3. The number of hydrogen-bond acceptors (Lipinski definition) is 10. The number of Topliss-reactive ketones (excluding diaryl/α,β-unsaturated/α-hetero) is 1. The third-order valence-corrected chi connectivity index (χ3v) is 4.51. The van der Waals surface area contributed by atoms with Gasteiger partial charge in [0.2, 0.25) is 0 Å². The molecule has 0 aromatic heterocycles. The molecule has 0 radical (unpaired) electrons. The number of nitrogens with two attached hydrogens (primary N) is 5. The van der Waals surface area contributed by atoms with Gasteiger partial charge in [0, 0.05) is 13.1 Å². The van der Waals surface area contributed by atoms with Crippen LogP contribution in [0.3, 0.4) is 0 Å². The molecule has 0 aromatic rings. The molecule has 0 heterocycles. The van der Waals surface area contributed by atoms with Crippen molar-refractivity contribution in [1.29, 1.82) is 0 Å². The van der Waals surface area contributed by atoms with Crippen LogP contribution >= 0.6 is 0 Å². The Bertz CT molecular complexity index is 539. The minimum atomic E-state index is -1.14. The van der Waals surface area contributed by atoms with Crippen LogP contribution in [0.2, 0.25) is 0 Å². The van der Waals surface area contributed by atoms with E-state index in [-0.39, 0.29) is 18.7 Å². The highest BCUT2D eigenvalue weighted by Gasteiger charge is 2.18. The topological polar surface area (TPSA) is 262 Å². The monoisotopic (exact) mass is 524 g/mol. The maximum Gasteiger partial charge on any atom is 0.320 e. The van der Waals surface area contributed by atoms with Gasteiger partial charge in [0.25, 0.3) is 0 Å². The van der Waals surface area contributed by atoms with Crippen molar-refractivity contribution in [2.24, 2.45) is 28.7 Å². The van der Waals surface area contributed by atoms with E-state index in [0.29, 0.717) is 19.5 Å². The van der Waals surface area contributed by atoms with Gasteiger partial charge in [0.05, 0.1) is 12.6 Å². The van der Waals surface area contributed by atoms with Crippen LogP contribution in [-0.2, 0) is 19.2 Å². The fourth-order valence-corrected chi connectivity index (χ4v) is 2.25. The summed E-state index contributed by atoms with van der Waals surface area (Å²) < 4.78 is 0. The summed E-state index contributed by atoms with van der Waals surface area (Å²) in [6.45, 7) is 10.2. The molecule has 0 aliphatic carbocycles. The molecule has 0 saturated carbocycles. The van der Waals surface area contributed by atoms with Crippen LogP contribution in [0, 0.1) is 0 Å². The van der Waals surface area contributed by atoms with Gasteiger partial charge in [0.15, 0.2) is 0 Å². The molecule has 0 aromatic carbocycles. The van der Waals surface area contributed by atoms with Gasteiger partial charge >= 0.3 is 17.9 Å². The maximum absolute atomic E-state index is 10.5. The number of ketones is 1. The van der Waals surface area contributed by atoms with Gasteiger partial charge in [-0.25, -0.2) is 0 Å². The number of hydrogen-bond donors (Lipinski definition) is 8. The molecule has 13 heteroatoms. The van der Waals surface area contributed by atoms with Crippen molar-refractivity contribution < 1.29 is 34.5 Å². The van der Waals surface area contributed by atoms with Crippen molar-refractivity contribution in [2.75, 3.05) is 32.7 Å². The third kappa shape index (κ3) is 34.0. The molecule has 0 bridgehead atoms. The molecule has 0 amide bonds. The normalized spacial score (nSPS) is 12.4. The number of unbranched alkanes of at least 4 members (excludes halogenated alkanes) is 3. The van der Waals surface area contributed by atoms with Gasteiger partial charge in [-0.05, 0) is 45.7 Å². The minimum Gasteiger partial charge on any atom is -0.480 e. The Kier molecular flexibility index (Phi) is 33.1. The molecule has 36 heavy (non-hydrogen) atoms. The average molecular weight is 525 g/mol. The summed E-state index contributed by atoms with van der Waals surface area (Å²) in [6, 6.07) is -2.49. The standard InChI is InChI=1S/C7H16N2O2.C6H12N2O3.C6H15N.C4H9NO2/c1-2-4-9(5-3-8)6-7(10)11;1-3(9)4(7)2-5(8)6(10)11;1-2-3-4-5-6-7;1-2-3(5)4(6)7/h2-6,8H2,1H3,(H,10,11);4-5H,2,7-8H2,1H3,(H,10,11);2-7H2,1H3;3H,2,5H2,1H3,(H,6,7). The second-order valence-electron chi connectivity index (χ2n) is 8.06. The number of carboxylic acids is 3. The number of rotatable bonds is 16. The molecule has 0 aliphatic heterocycles. The first-order valence-corrected chi connectivity index (χ1v) is 12.3. The number of aliphatic carboxylic acids is 3. The first-order chi connectivity index (χ1) is 16.7. The van der Waals surface area contributed by atoms with Crippen LogP contribution in [0.25, 0.3) is 0 Å². The van der Waals surface area contributed by atoms with E-state index in [1.54, 1.807) is 6.92 Å². The molecular weight excluding hydrogens is 472 g/mol. The van der Waals surface area contributed by atoms with Gasteiger partial charge in [-0.2, -0.15) is 0 Å². The first kappa shape index (κ1) is 41.0. The van der Waals surface area contributed by atoms with Crippen LogP contribution in [0.5, 0.6) is 0 Å². The smallest absolute Gasteiger partial charge is 0.320 e. The molecular formula is C23H52N6O7. The highest BCUT2D eigenvalue weighted by molar-refractivity contribution is 5.82. The van der Waals surface area contributed by atoms with Crippen LogP contribution in [0.4, 0.5) is 0 Å². The summed E-state index contributed by atoms with van der Waals surface area (Å²) >= 11 is 0. The lowest BCUT2D eigenvalue weighted by molar-refractivity contribution is -0.139. The van der Waals surface area contributed by atoms with Crippen molar-refractivity contribution in [3.8, 4) is 0 Å². The molecule has 0 fully saturated rings. The van der Waals surface area contributed by atoms with E-state index in [4.69, 9.17) is 44.0 Å². The molecule has 216 valence electrons. The fourth-order valence-electron chi connectivity index (χ4n) is 2.25. The molecule has 13 nitrogen and oxygen atoms in total. The van der Waals surface area contributed by atoms with E-state index in [2.05, 4.69) is 6.92 Å². The van der Waals surface area contributed by atoms with Crippen LogP contribution < -0.4 is 28.7 Å². The van der Waals surface area contributed by atoms with Gasteiger partial charge in [0.1, 0.15) is 17.9 Å². The Morgan fingerprint density at radius 1 is 0.722 bits per heavy atom. The average Bonchev–Trinajstić information content (AvgIpc) is 2.79. The summed E-state index contributed by atoms with van der Waals surface area (Å²) in [5.41, 5.74) is 26.0. The van der Waals surface area contributed by atoms with Crippen molar-refractivity contribution in [2.45, 2.75) is 90.8 Å². The van der Waals surface area contributed by atoms with Crippen LogP contribution in [0.1, 0.15) is 72.6 Å². The first-order valence-electron chi connectivity index (χ1n) is 12.3. The second kappa shape index (κ2) is 29.1. The highest BCUT2D eigenvalue weighted by Crippen LogP contribution is 1.95. The van der Waals surface area contributed by atoms with E-state index in [1.165, 1.54) is 32.6 Å².